The van der Waals surface area contributed by atoms with Gasteiger partial charge in [0, 0.05) is 5.56 Å². The van der Waals surface area contributed by atoms with Gasteiger partial charge in [-0.1, -0.05) is 0 Å². The van der Waals surface area contributed by atoms with Gasteiger partial charge in [-0.2, -0.15) is 13.2 Å². The molecule has 1 unspecified atom stereocenters. The van der Waals surface area contributed by atoms with E-state index in [0.29, 0.717) is 5.56 Å². The summed E-state index contributed by atoms with van der Waals surface area (Å²) in [5.41, 5.74) is -1.15. The molecule has 0 aliphatic carbocycles. The molecule has 1 heterocycles. The summed E-state index contributed by atoms with van der Waals surface area (Å²) >= 11 is 0. The number of alkyl halides is 3. The number of hydrogen-bond acceptors (Lipinski definition) is 4. The zero-order valence-electron chi connectivity index (χ0n) is 13.9. The molecular formula is C16H20F3NO4. The van der Waals surface area contributed by atoms with Crippen molar-refractivity contribution in [3.63, 3.8) is 0 Å². The van der Waals surface area contributed by atoms with Crippen LogP contribution in [-0.2, 0) is 17.3 Å². The van der Waals surface area contributed by atoms with Gasteiger partial charge in [-0.3, -0.25) is 0 Å². The van der Waals surface area contributed by atoms with E-state index in [0.717, 1.165) is 12.1 Å². The normalized spacial score (nSPS) is 17.5. The predicted molar refractivity (Wildman–Crippen MR) is 80.4 cm³/mol. The van der Waals surface area contributed by atoms with Crippen LogP contribution in [0.5, 0.6) is 11.5 Å². The second kappa shape index (κ2) is 6.41. The Morgan fingerprint density at radius 1 is 1.29 bits per heavy atom. The Morgan fingerprint density at radius 3 is 2.50 bits per heavy atom. The molecule has 0 fully saturated rings. The molecule has 1 N–H and O–H groups in total. The molecule has 1 aliphatic heterocycles. The molecule has 8 heteroatoms. The number of fused-ring (bicyclic) bond motifs is 1. The maximum atomic E-state index is 13.0. The highest BCUT2D eigenvalue weighted by Crippen LogP contribution is 2.41. The largest absolute Gasteiger partial charge is 0.493 e. The molecule has 134 valence electrons. The summed E-state index contributed by atoms with van der Waals surface area (Å²) in [4.78, 5) is 11.8. The monoisotopic (exact) mass is 347 g/mol. The van der Waals surface area contributed by atoms with E-state index < -0.39 is 29.5 Å². The van der Waals surface area contributed by atoms with Crippen LogP contribution in [0.15, 0.2) is 12.1 Å². The van der Waals surface area contributed by atoms with Crippen LogP contribution in [0.25, 0.3) is 0 Å². The molecule has 1 aliphatic rings. The molecule has 0 radical (unpaired) electrons. The van der Waals surface area contributed by atoms with Crippen LogP contribution in [0.3, 0.4) is 0 Å². The molecule has 0 saturated heterocycles. The van der Waals surface area contributed by atoms with Crippen molar-refractivity contribution >= 4 is 6.09 Å². The first-order chi connectivity index (χ1) is 11.0. The van der Waals surface area contributed by atoms with E-state index in [9.17, 15) is 18.0 Å². The Labute approximate surface area is 138 Å². The number of hydrogen-bond donors (Lipinski definition) is 1. The van der Waals surface area contributed by atoms with Crippen LogP contribution >= 0.6 is 0 Å². The van der Waals surface area contributed by atoms with Gasteiger partial charge >= 0.3 is 12.3 Å². The Hall–Kier alpha value is -2.12. The smallest absolute Gasteiger partial charge is 0.416 e. The van der Waals surface area contributed by atoms with Gasteiger partial charge in [-0.15, -0.1) is 0 Å². The van der Waals surface area contributed by atoms with E-state index in [4.69, 9.17) is 14.2 Å². The third kappa shape index (κ3) is 4.46. The highest BCUT2D eigenvalue weighted by atomic mass is 19.4. The number of methoxy groups -OCH3 is 1. The summed E-state index contributed by atoms with van der Waals surface area (Å²) in [6, 6.07) is 1.43. The minimum Gasteiger partial charge on any atom is -0.493 e. The number of benzene rings is 1. The topological polar surface area (TPSA) is 56.8 Å². The summed E-state index contributed by atoms with van der Waals surface area (Å²) in [5.74, 6) is 0.295. The van der Waals surface area contributed by atoms with Crippen molar-refractivity contribution in [2.75, 3.05) is 13.7 Å². The van der Waals surface area contributed by atoms with Crippen LogP contribution in [0.4, 0.5) is 18.0 Å². The Bertz CT molecular complexity index is 623. The van der Waals surface area contributed by atoms with Crippen LogP contribution in [-0.4, -0.2) is 31.5 Å². The fourth-order valence-electron chi connectivity index (χ4n) is 2.37. The van der Waals surface area contributed by atoms with Crippen molar-refractivity contribution in [3.8, 4) is 11.5 Å². The van der Waals surface area contributed by atoms with Crippen LogP contribution < -0.4 is 14.8 Å². The average Bonchev–Trinajstić information content (AvgIpc) is 2.42. The van der Waals surface area contributed by atoms with E-state index in [-0.39, 0.29) is 24.5 Å². The molecule has 1 aromatic rings. The van der Waals surface area contributed by atoms with Gasteiger partial charge in [0.15, 0.2) is 11.5 Å². The Kier molecular flexibility index (Phi) is 4.87. The van der Waals surface area contributed by atoms with E-state index in [2.05, 4.69) is 5.32 Å². The molecule has 2 rings (SSSR count). The zero-order chi connectivity index (χ0) is 18.1. The van der Waals surface area contributed by atoms with Crippen molar-refractivity contribution < 1.29 is 32.2 Å². The Morgan fingerprint density at radius 2 is 1.96 bits per heavy atom. The quantitative estimate of drug-likeness (QED) is 0.889. The highest BCUT2D eigenvalue weighted by Gasteiger charge is 2.34. The SMILES string of the molecule is COc1cc(C(F)(F)F)cc2c1OCC(NC(=O)OC(C)(C)C)C2. The first kappa shape index (κ1) is 18.2. The lowest BCUT2D eigenvalue weighted by Crippen LogP contribution is -2.45. The fraction of sp³-hybridized carbons (Fsp3) is 0.562. The third-order valence-corrected chi connectivity index (χ3v) is 3.30. The second-order valence-corrected chi connectivity index (χ2v) is 6.52. The molecule has 24 heavy (non-hydrogen) atoms. The minimum absolute atomic E-state index is 0.0237. The maximum Gasteiger partial charge on any atom is 0.416 e. The lowest BCUT2D eigenvalue weighted by Gasteiger charge is -2.29. The van der Waals surface area contributed by atoms with Crippen molar-refractivity contribution in [2.45, 2.75) is 45.0 Å². The van der Waals surface area contributed by atoms with Crippen LogP contribution in [0.2, 0.25) is 0 Å². The van der Waals surface area contributed by atoms with Crippen LogP contribution in [0, 0.1) is 0 Å². The van der Waals surface area contributed by atoms with Crippen molar-refractivity contribution in [1.82, 2.24) is 5.32 Å². The third-order valence-electron chi connectivity index (χ3n) is 3.30. The number of rotatable bonds is 2. The van der Waals surface area contributed by atoms with Gasteiger partial charge in [0.05, 0.1) is 18.7 Å². The maximum absolute atomic E-state index is 13.0. The predicted octanol–water partition coefficient (Wildman–Crippen LogP) is 3.54. The molecular weight excluding hydrogens is 327 g/mol. The van der Waals surface area contributed by atoms with E-state index in [1.165, 1.54) is 7.11 Å². The number of nitrogens with one attached hydrogen (secondary N) is 1. The molecule has 0 saturated carbocycles. The van der Waals surface area contributed by atoms with Gasteiger partial charge < -0.3 is 19.5 Å². The lowest BCUT2D eigenvalue weighted by atomic mass is 9.99. The fourth-order valence-corrected chi connectivity index (χ4v) is 2.37. The number of halogens is 3. The molecule has 0 bridgehead atoms. The first-order valence-electron chi connectivity index (χ1n) is 7.40. The molecule has 1 aromatic carbocycles. The standard InChI is InChI=1S/C16H20F3NO4/c1-15(2,3)24-14(21)20-11-6-9-5-10(16(17,18)19)7-12(22-4)13(9)23-8-11/h5,7,11H,6,8H2,1-4H3,(H,20,21). The van der Waals surface area contributed by atoms with Gasteiger partial charge in [0.25, 0.3) is 0 Å². The van der Waals surface area contributed by atoms with Crippen molar-refractivity contribution in [2.24, 2.45) is 0 Å². The highest BCUT2D eigenvalue weighted by molar-refractivity contribution is 5.68. The zero-order valence-corrected chi connectivity index (χ0v) is 13.9. The van der Waals surface area contributed by atoms with Gasteiger partial charge in [0.2, 0.25) is 0 Å². The molecule has 1 atom stereocenters. The minimum atomic E-state index is -4.49. The number of alkyl carbamates (subject to hydrolysis) is 1. The second-order valence-electron chi connectivity index (χ2n) is 6.52. The van der Waals surface area contributed by atoms with E-state index in [1.807, 2.05) is 0 Å². The number of ether oxygens (including phenoxy) is 3. The van der Waals surface area contributed by atoms with E-state index >= 15 is 0 Å². The van der Waals surface area contributed by atoms with Crippen molar-refractivity contribution in [3.05, 3.63) is 23.3 Å². The van der Waals surface area contributed by atoms with Gasteiger partial charge in [0.1, 0.15) is 12.2 Å². The average molecular weight is 347 g/mol. The molecule has 1 amide bonds. The summed E-state index contributed by atoms with van der Waals surface area (Å²) in [5, 5.41) is 2.60. The summed E-state index contributed by atoms with van der Waals surface area (Å²) in [6.07, 6.45) is -4.94. The first-order valence-corrected chi connectivity index (χ1v) is 7.40. The van der Waals surface area contributed by atoms with E-state index in [1.54, 1.807) is 20.8 Å². The number of carbonyl (C=O) groups is 1. The molecule has 5 nitrogen and oxygen atoms in total. The van der Waals surface area contributed by atoms with Crippen molar-refractivity contribution in [1.29, 1.82) is 0 Å². The van der Waals surface area contributed by atoms with Gasteiger partial charge in [-0.25, -0.2) is 4.79 Å². The molecule has 0 spiro atoms. The number of carbonyl (C=O) groups excluding carboxylic acids is 1. The van der Waals surface area contributed by atoms with Gasteiger partial charge in [-0.05, 0) is 39.3 Å². The summed E-state index contributed by atoms with van der Waals surface area (Å²) in [6.45, 7) is 5.28. The molecule has 0 aromatic heterocycles. The number of amides is 1. The lowest BCUT2D eigenvalue weighted by molar-refractivity contribution is -0.137. The summed E-state index contributed by atoms with van der Waals surface area (Å²) in [7, 11) is 1.28. The summed E-state index contributed by atoms with van der Waals surface area (Å²) < 4.78 is 54.6. The van der Waals surface area contributed by atoms with Crippen LogP contribution in [0.1, 0.15) is 31.9 Å². The Balaban J connectivity index is 2.18.